The Morgan fingerprint density at radius 2 is 2.12 bits per heavy atom. The fraction of sp³-hybridized carbons (Fsp3) is 0.529. The number of aryl methyl sites for hydroxylation is 1. The van der Waals surface area contributed by atoms with Crippen LogP contribution in [0.2, 0.25) is 0 Å². The van der Waals surface area contributed by atoms with Crippen LogP contribution < -0.4 is 5.32 Å². The van der Waals surface area contributed by atoms with E-state index in [4.69, 9.17) is 0 Å². The lowest BCUT2D eigenvalue weighted by atomic mass is 9.99. The van der Waals surface area contributed by atoms with Crippen LogP contribution in [0.4, 0.5) is 0 Å². The van der Waals surface area contributed by atoms with Gasteiger partial charge in [-0.05, 0) is 38.3 Å². The number of carbonyl (C=O) groups excluding carboxylic acids is 2. The van der Waals surface area contributed by atoms with Crippen LogP contribution in [0.1, 0.15) is 58.9 Å². The number of hydrogen-bond donors (Lipinski definition) is 1. The number of piperidine rings is 1. The number of likely N-dealkylation sites (tertiary alicyclic amines) is 1. The van der Waals surface area contributed by atoms with Crippen LogP contribution in [-0.2, 0) is 13.6 Å². The summed E-state index contributed by atoms with van der Waals surface area (Å²) in [5.41, 5.74) is 1.93. The van der Waals surface area contributed by atoms with Gasteiger partial charge in [0.1, 0.15) is 5.69 Å². The van der Waals surface area contributed by atoms with Crippen molar-refractivity contribution in [2.45, 2.75) is 38.8 Å². The maximum absolute atomic E-state index is 12.9. The Labute approximate surface area is 146 Å². The molecule has 1 unspecified atom stereocenters. The topological polar surface area (TPSA) is 85.0 Å². The molecule has 0 saturated carbocycles. The Balaban J connectivity index is 1.90. The van der Waals surface area contributed by atoms with Gasteiger partial charge in [-0.25, -0.2) is 0 Å². The van der Waals surface area contributed by atoms with Crippen molar-refractivity contribution in [1.29, 1.82) is 0 Å². The third-order valence-corrected chi connectivity index (χ3v) is 4.76. The molecule has 3 rings (SSSR count). The minimum atomic E-state index is -0.131. The van der Waals surface area contributed by atoms with Gasteiger partial charge >= 0.3 is 0 Å². The van der Waals surface area contributed by atoms with Crippen LogP contribution in [0.15, 0.2) is 18.3 Å². The molecule has 0 radical (unpaired) electrons. The van der Waals surface area contributed by atoms with Gasteiger partial charge in [0.05, 0.1) is 18.8 Å². The number of amides is 2. The first-order valence-corrected chi connectivity index (χ1v) is 8.65. The van der Waals surface area contributed by atoms with Crippen LogP contribution in [0.25, 0.3) is 0 Å². The summed E-state index contributed by atoms with van der Waals surface area (Å²) >= 11 is 0. The zero-order chi connectivity index (χ0) is 18.0. The molecule has 8 nitrogen and oxygen atoms in total. The van der Waals surface area contributed by atoms with Gasteiger partial charge in [0.25, 0.3) is 11.8 Å². The summed E-state index contributed by atoms with van der Waals surface area (Å²) < 4.78 is 1.87. The van der Waals surface area contributed by atoms with Crippen molar-refractivity contribution in [2.75, 3.05) is 13.6 Å². The SMILES string of the molecule is CCn1ncc(C(=O)N2CCCCC2c2ccc(C(=O)NC)n2C)n1. The first-order chi connectivity index (χ1) is 12.1. The van der Waals surface area contributed by atoms with Crippen LogP contribution in [0, 0.1) is 0 Å². The number of nitrogens with zero attached hydrogens (tertiary/aromatic N) is 5. The zero-order valence-electron chi connectivity index (χ0n) is 14.9. The molecule has 2 aromatic heterocycles. The highest BCUT2D eigenvalue weighted by molar-refractivity contribution is 5.93. The number of nitrogens with one attached hydrogen (secondary N) is 1. The summed E-state index contributed by atoms with van der Waals surface area (Å²) in [5.74, 6) is -0.236. The highest BCUT2D eigenvalue weighted by Crippen LogP contribution is 2.32. The molecule has 1 N–H and O–H groups in total. The number of rotatable bonds is 4. The van der Waals surface area contributed by atoms with Gasteiger partial charge in [-0.3, -0.25) is 9.59 Å². The molecule has 25 heavy (non-hydrogen) atoms. The van der Waals surface area contributed by atoms with Crippen LogP contribution in [0.5, 0.6) is 0 Å². The number of aromatic nitrogens is 4. The molecule has 1 aliphatic rings. The van der Waals surface area contributed by atoms with Gasteiger partial charge in [0.2, 0.25) is 0 Å². The first kappa shape index (κ1) is 17.2. The van der Waals surface area contributed by atoms with E-state index in [2.05, 4.69) is 15.5 Å². The molecule has 1 fully saturated rings. The molecule has 0 aromatic carbocycles. The molecule has 1 aliphatic heterocycles. The predicted molar refractivity (Wildman–Crippen MR) is 92.1 cm³/mol. The molecular formula is C17H24N6O2. The van der Waals surface area contributed by atoms with Crippen molar-refractivity contribution in [3.8, 4) is 0 Å². The monoisotopic (exact) mass is 344 g/mol. The second kappa shape index (κ2) is 7.08. The molecule has 1 saturated heterocycles. The van der Waals surface area contributed by atoms with E-state index in [1.807, 2.05) is 29.5 Å². The number of carbonyl (C=O) groups is 2. The van der Waals surface area contributed by atoms with E-state index < -0.39 is 0 Å². The maximum atomic E-state index is 12.9. The molecule has 0 aliphatic carbocycles. The van der Waals surface area contributed by atoms with E-state index in [-0.39, 0.29) is 17.9 Å². The molecule has 134 valence electrons. The lowest BCUT2D eigenvalue weighted by Crippen LogP contribution is -2.39. The lowest BCUT2D eigenvalue weighted by Gasteiger charge is -2.35. The predicted octanol–water partition coefficient (Wildman–Crippen LogP) is 1.36. The quantitative estimate of drug-likeness (QED) is 0.908. The molecule has 0 spiro atoms. The molecule has 8 heteroatoms. The molecule has 1 atom stereocenters. The van der Waals surface area contributed by atoms with Gasteiger partial charge < -0.3 is 14.8 Å². The van der Waals surface area contributed by atoms with Gasteiger partial charge in [-0.15, -0.1) is 5.10 Å². The van der Waals surface area contributed by atoms with Crippen LogP contribution in [0.3, 0.4) is 0 Å². The summed E-state index contributed by atoms with van der Waals surface area (Å²) in [6.45, 7) is 3.25. The smallest absolute Gasteiger partial charge is 0.276 e. The van der Waals surface area contributed by atoms with Crippen LogP contribution >= 0.6 is 0 Å². The summed E-state index contributed by atoms with van der Waals surface area (Å²) in [6, 6.07) is 3.68. The normalized spacial score (nSPS) is 17.6. The summed E-state index contributed by atoms with van der Waals surface area (Å²) in [5, 5.41) is 11.0. The average Bonchev–Trinajstić information content (AvgIpc) is 3.27. The molecule has 3 heterocycles. The second-order valence-electron chi connectivity index (χ2n) is 6.21. The summed E-state index contributed by atoms with van der Waals surface area (Å²) in [6.07, 6.45) is 4.42. The highest BCUT2D eigenvalue weighted by atomic mass is 16.2. The first-order valence-electron chi connectivity index (χ1n) is 8.65. The molecule has 2 amide bonds. The summed E-state index contributed by atoms with van der Waals surface area (Å²) in [7, 11) is 3.48. The van der Waals surface area contributed by atoms with Gasteiger partial charge in [-0.1, -0.05) is 0 Å². The Morgan fingerprint density at radius 1 is 1.32 bits per heavy atom. The van der Waals surface area contributed by atoms with Crippen molar-refractivity contribution in [1.82, 2.24) is 29.8 Å². The number of hydrogen-bond acceptors (Lipinski definition) is 4. The summed E-state index contributed by atoms with van der Waals surface area (Å²) in [4.78, 5) is 28.3. The minimum Gasteiger partial charge on any atom is -0.354 e. The van der Waals surface area contributed by atoms with E-state index >= 15 is 0 Å². The van der Waals surface area contributed by atoms with Gasteiger partial charge in [0, 0.05) is 26.3 Å². The average molecular weight is 344 g/mol. The van der Waals surface area contributed by atoms with Crippen LogP contribution in [-0.4, -0.2) is 49.9 Å². The van der Waals surface area contributed by atoms with E-state index in [0.29, 0.717) is 24.5 Å². The third kappa shape index (κ3) is 3.16. The standard InChI is InChI=1S/C17H24N6O2/c1-4-23-19-11-12(20-23)17(25)22-10-6-5-7-14(22)13-8-9-15(21(13)3)16(24)18-2/h8-9,11,14H,4-7,10H2,1-3H3,(H,18,24). The van der Waals surface area contributed by atoms with Crippen molar-refractivity contribution >= 4 is 11.8 Å². The third-order valence-electron chi connectivity index (χ3n) is 4.76. The molecular weight excluding hydrogens is 320 g/mol. The van der Waals surface area contributed by atoms with Crippen molar-refractivity contribution in [2.24, 2.45) is 7.05 Å². The molecule has 0 bridgehead atoms. The van der Waals surface area contributed by atoms with E-state index in [9.17, 15) is 9.59 Å². The zero-order valence-corrected chi connectivity index (χ0v) is 14.9. The maximum Gasteiger partial charge on any atom is 0.276 e. The van der Waals surface area contributed by atoms with E-state index in [1.54, 1.807) is 13.1 Å². The Morgan fingerprint density at radius 3 is 2.80 bits per heavy atom. The van der Waals surface area contributed by atoms with Crippen molar-refractivity contribution < 1.29 is 9.59 Å². The van der Waals surface area contributed by atoms with Crippen molar-refractivity contribution in [3.63, 3.8) is 0 Å². The molecule has 2 aromatic rings. The van der Waals surface area contributed by atoms with Gasteiger partial charge in [-0.2, -0.15) is 9.90 Å². The largest absolute Gasteiger partial charge is 0.354 e. The Bertz CT molecular complexity index is 778. The Kier molecular flexibility index (Phi) is 4.87. The van der Waals surface area contributed by atoms with Gasteiger partial charge in [0.15, 0.2) is 5.69 Å². The fourth-order valence-corrected chi connectivity index (χ4v) is 3.39. The van der Waals surface area contributed by atoms with E-state index in [1.165, 1.54) is 11.0 Å². The van der Waals surface area contributed by atoms with Crippen molar-refractivity contribution in [3.05, 3.63) is 35.4 Å². The van der Waals surface area contributed by atoms with E-state index in [0.717, 1.165) is 25.0 Å². The fourth-order valence-electron chi connectivity index (χ4n) is 3.39. The highest BCUT2D eigenvalue weighted by Gasteiger charge is 2.32. The minimum absolute atomic E-state index is 0.0589. The Hall–Kier alpha value is -2.64. The lowest BCUT2D eigenvalue weighted by molar-refractivity contribution is 0.0595. The second-order valence-corrected chi connectivity index (χ2v) is 6.21.